The predicted octanol–water partition coefficient (Wildman–Crippen LogP) is 1.31. The van der Waals surface area contributed by atoms with E-state index in [2.05, 4.69) is 4.72 Å². The van der Waals surface area contributed by atoms with Crippen molar-refractivity contribution in [2.24, 2.45) is 0 Å². The molecule has 0 radical (unpaired) electrons. The standard InChI is InChI=1S/C13H21NO3S/c1-2-3-9-18(16,17)14-11-13(15)10-12-7-5-4-6-8-12/h4-8,13-15H,2-3,9-11H2,1H3. The molecule has 0 aromatic heterocycles. The molecule has 102 valence electrons. The minimum Gasteiger partial charge on any atom is -0.391 e. The van der Waals surface area contributed by atoms with Crippen molar-refractivity contribution in [2.75, 3.05) is 12.3 Å². The minimum atomic E-state index is -3.24. The number of rotatable bonds is 8. The average molecular weight is 271 g/mol. The number of hydrogen-bond acceptors (Lipinski definition) is 3. The van der Waals surface area contributed by atoms with Crippen molar-refractivity contribution >= 4 is 10.0 Å². The van der Waals surface area contributed by atoms with Crippen LogP contribution in [-0.4, -0.2) is 31.9 Å². The SMILES string of the molecule is CCCCS(=O)(=O)NCC(O)Cc1ccccc1. The van der Waals surface area contributed by atoms with Crippen LogP contribution in [0.3, 0.4) is 0 Å². The first-order valence-electron chi connectivity index (χ1n) is 6.23. The molecule has 1 atom stereocenters. The Labute approximate surface area is 109 Å². The van der Waals surface area contributed by atoms with Crippen molar-refractivity contribution in [1.29, 1.82) is 0 Å². The molecule has 0 spiro atoms. The van der Waals surface area contributed by atoms with Crippen molar-refractivity contribution in [3.8, 4) is 0 Å². The Hall–Kier alpha value is -0.910. The van der Waals surface area contributed by atoms with Crippen LogP contribution in [0.4, 0.5) is 0 Å². The first kappa shape index (κ1) is 15.1. The van der Waals surface area contributed by atoms with E-state index in [0.29, 0.717) is 12.8 Å². The van der Waals surface area contributed by atoms with E-state index in [-0.39, 0.29) is 12.3 Å². The van der Waals surface area contributed by atoms with Gasteiger partial charge in [-0.2, -0.15) is 0 Å². The quantitative estimate of drug-likeness (QED) is 0.749. The summed E-state index contributed by atoms with van der Waals surface area (Å²) in [5.41, 5.74) is 0.998. The van der Waals surface area contributed by atoms with Gasteiger partial charge in [0.2, 0.25) is 10.0 Å². The van der Waals surface area contributed by atoms with E-state index < -0.39 is 16.1 Å². The molecular weight excluding hydrogens is 250 g/mol. The van der Waals surface area contributed by atoms with E-state index in [9.17, 15) is 13.5 Å². The second kappa shape index (κ2) is 7.51. The summed E-state index contributed by atoms with van der Waals surface area (Å²) < 4.78 is 25.5. The van der Waals surface area contributed by atoms with Gasteiger partial charge in [0.15, 0.2) is 0 Å². The molecule has 1 aromatic rings. The number of unbranched alkanes of at least 4 members (excludes halogenated alkanes) is 1. The Balaban J connectivity index is 2.35. The lowest BCUT2D eigenvalue weighted by Gasteiger charge is -2.12. The molecule has 1 rings (SSSR count). The number of aliphatic hydroxyl groups excluding tert-OH is 1. The Morgan fingerprint density at radius 2 is 1.94 bits per heavy atom. The van der Waals surface area contributed by atoms with Crippen molar-refractivity contribution in [1.82, 2.24) is 4.72 Å². The Bertz CT molecular complexity index is 431. The third kappa shape index (κ3) is 6.14. The van der Waals surface area contributed by atoms with Gasteiger partial charge >= 0.3 is 0 Å². The van der Waals surface area contributed by atoms with Crippen LogP contribution in [0.1, 0.15) is 25.3 Å². The summed E-state index contributed by atoms with van der Waals surface area (Å²) in [6.45, 7) is 2.01. The maximum Gasteiger partial charge on any atom is 0.211 e. The highest BCUT2D eigenvalue weighted by Crippen LogP contribution is 2.03. The van der Waals surface area contributed by atoms with Crippen LogP contribution in [0.5, 0.6) is 0 Å². The molecule has 0 aliphatic heterocycles. The zero-order chi connectivity index (χ0) is 13.4. The van der Waals surface area contributed by atoms with Gasteiger partial charge in [0.05, 0.1) is 11.9 Å². The molecule has 2 N–H and O–H groups in total. The number of nitrogens with one attached hydrogen (secondary N) is 1. The zero-order valence-corrected chi connectivity index (χ0v) is 11.5. The van der Waals surface area contributed by atoms with Gasteiger partial charge in [0.1, 0.15) is 0 Å². The van der Waals surface area contributed by atoms with Crippen LogP contribution in [-0.2, 0) is 16.4 Å². The average Bonchev–Trinajstić information content (AvgIpc) is 2.36. The van der Waals surface area contributed by atoms with Crippen LogP contribution < -0.4 is 4.72 Å². The molecule has 0 saturated heterocycles. The third-order valence-corrected chi connectivity index (χ3v) is 4.05. The van der Waals surface area contributed by atoms with Crippen LogP contribution in [0.2, 0.25) is 0 Å². The molecule has 1 unspecified atom stereocenters. The van der Waals surface area contributed by atoms with Gasteiger partial charge in [-0.3, -0.25) is 0 Å². The van der Waals surface area contributed by atoms with Crippen LogP contribution in [0, 0.1) is 0 Å². The zero-order valence-electron chi connectivity index (χ0n) is 10.7. The third-order valence-electron chi connectivity index (χ3n) is 2.62. The first-order chi connectivity index (χ1) is 8.53. The smallest absolute Gasteiger partial charge is 0.211 e. The monoisotopic (exact) mass is 271 g/mol. The maximum absolute atomic E-state index is 11.5. The molecule has 5 heteroatoms. The second-order valence-corrected chi connectivity index (χ2v) is 6.29. The van der Waals surface area contributed by atoms with Crippen molar-refractivity contribution in [2.45, 2.75) is 32.3 Å². The summed E-state index contributed by atoms with van der Waals surface area (Å²) in [6.07, 6.45) is 1.25. The fourth-order valence-corrected chi connectivity index (χ4v) is 2.85. The fraction of sp³-hybridized carbons (Fsp3) is 0.538. The van der Waals surface area contributed by atoms with E-state index >= 15 is 0 Å². The van der Waals surface area contributed by atoms with Gasteiger partial charge < -0.3 is 5.11 Å². The number of hydrogen-bond donors (Lipinski definition) is 2. The van der Waals surface area contributed by atoms with Crippen molar-refractivity contribution < 1.29 is 13.5 Å². The van der Waals surface area contributed by atoms with Gasteiger partial charge in [-0.15, -0.1) is 0 Å². The van der Waals surface area contributed by atoms with E-state index in [1.165, 1.54) is 0 Å². The lowest BCUT2D eigenvalue weighted by atomic mass is 10.1. The first-order valence-corrected chi connectivity index (χ1v) is 7.88. The Kier molecular flexibility index (Phi) is 6.32. The molecule has 0 aliphatic rings. The van der Waals surface area contributed by atoms with Crippen LogP contribution in [0.15, 0.2) is 30.3 Å². The summed E-state index contributed by atoms with van der Waals surface area (Å²) in [6, 6.07) is 9.52. The molecule has 4 nitrogen and oxygen atoms in total. The van der Waals surface area contributed by atoms with Gasteiger partial charge in [-0.25, -0.2) is 13.1 Å². The molecule has 1 aromatic carbocycles. The number of sulfonamides is 1. The normalized spacial score (nSPS) is 13.4. The fourth-order valence-electron chi connectivity index (χ4n) is 1.59. The van der Waals surface area contributed by atoms with Gasteiger partial charge in [0, 0.05) is 6.54 Å². The largest absolute Gasteiger partial charge is 0.391 e. The minimum absolute atomic E-state index is 0.0704. The molecular formula is C13H21NO3S. The summed E-state index contributed by atoms with van der Waals surface area (Å²) in [4.78, 5) is 0. The second-order valence-electron chi connectivity index (χ2n) is 4.36. The molecule has 0 fully saturated rings. The molecule has 0 amide bonds. The number of aliphatic hydroxyl groups is 1. The van der Waals surface area contributed by atoms with Gasteiger partial charge in [-0.05, 0) is 18.4 Å². The van der Waals surface area contributed by atoms with Crippen molar-refractivity contribution in [3.63, 3.8) is 0 Å². The van der Waals surface area contributed by atoms with Crippen LogP contribution in [0.25, 0.3) is 0 Å². The lowest BCUT2D eigenvalue weighted by molar-refractivity contribution is 0.179. The van der Waals surface area contributed by atoms with Crippen LogP contribution >= 0.6 is 0 Å². The highest BCUT2D eigenvalue weighted by atomic mass is 32.2. The summed E-state index contributed by atoms with van der Waals surface area (Å²) >= 11 is 0. The van der Waals surface area contributed by atoms with Crippen molar-refractivity contribution in [3.05, 3.63) is 35.9 Å². The summed E-state index contributed by atoms with van der Waals surface area (Å²) in [7, 11) is -3.24. The topological polar surface area (TPSA) is 66.4 Å². The van der Waals surface area contributed by atoms with Gasteiger partial charge in [0.25, 0.3) is 0 Å². The van der Waals surface area contributed by atoms with E-state index in [4.69, 9.17) is 0 Å². The molecule has 0 aliphatic carbocycles. The highest BCUT2D eigenvalue weighted by Gasteiger charge is 2.12. The molecule has 0 bridgehead atoms. The highest BCUT2D eigenvalue weighted by molar-refractivity contribution is 7.89. The summed E-state index contributed by atoms with van der Waals surface area (Å²) in [5, 5.41) is 9.76. The van der Waals surface area contributed by atoms with E-state index in [1.807, 2.05) is 37.3 Å². The molecule has 0 saturated carbocycles. The molecule has 18 heavy (non-hydrogen) atoms. The maximum atomic E-state index is 11.5. The lowest BCUT2D eigenvalue weighted by Crippen LogP contribution is -2.34. The van der Waals surface area contributed by atoms with Gasteiger partial charge in [-0.1, -0.05) is 43.7 Å². The van der Waals surface area contributed by atoms with E-state index in [0.717, 1.165) is 12.0 Å². The Morgan fingerprint density at radius 3 is 2.56 bits per heavy atom. The van der Waals surface area contributed by atoms with E-state index in [1.54, 1.807) is 0 Å². The molecule has 0 heterocycles. The predicted molar refractivity (Wildman–Crippen MR) is 72.9 cm³/mol. The number of benzene rings is 1. The Morgan fingerprint density at radius 1 is 1.28 bits per heavy atom. The summed E-state index contributed by atoms with van der Waals surface area (Å²) in [5.74, 6) is 0.127.